The van der Waals surface area contributed by atoms with Gasteiger partial charge in [-0.2, -0.15) is 5.10 Å². The van der Waals surface area contributed by atoms with E-state index in [0.29, 0.717) is 5.92 Å². The molecule has 176 valence electrons. The minimum atomic E-state index is 0.192. The second-order valence-corrected chi connectivity index (χ2v) is 9.43. The van der Waals surface area contributed by atoms with Crippen molar-refractivity contribution in [3.05, 3.63) is 131 Å². The molecule has 0 fully saturated rings. The second-order valence-electron chi connectivity index (χ2n) is 9.43. The Balaban J connectivity index is 1.66. The lowest BCUT2D eigenvalue weighted by atomic mass is 9.69. The topological polar surface area (TPSA) is 38.1 Å². The first-order valence-corrected chi connectivity index (χ1v) is 12.5. The fourth-order valence-electron chi connectivity index (χ4n) is 5.30. The number of allylic oxidation sites excluding steroid dienone is 4. The molecule has 3 nitrogen and oxygen atoms in total. The summed E-state index contributed by atoms with van der Waals surface area (Å²) < 4.78 is 2.05. The summed E-state index contributed by atoms with van der Waals surface area (Å²) in [5.41, 5.74) is 8.87. The molecule has 1 aliphatic rings. The molecule has 35 heavy (non-hydrogen) atoms. The molecule has 0 amide bonds. The summed E-state index contributed by atoms with van der Waals surface area (Å²) in [5.74, 6) is 0.842. The van der Waals surface area contributed by atoms with Crippen molar-refractivity contribution in [1.29, 1.82) is 0 Å². The van der Waals surface area contributed by atoms with Gasteiger partial charge < -0.3 is 5.11 Å². The third-order valence-corrected chi connectivity index (χ3v) is 7.02. The smallest absolute Gasteiger partial charge is 0.115 e. The van der Waals surface area contributed by atoms with E-state index in [9.17, 15) is 5.11 Å². The maximum atomic E-state index is 9.93. The molecule has 1 aromatic heterocycles. The van der Waals surface area contributed by atoms with Crippen LogP contribution in [0.15, 0.2) is 109 Å². The van der Waals surface area contributed by atoms with Crippen LogP contribution in [0.1, 0.15) is 54.9 Å². The van der Waals surface area contributed by atoms with Crippen LogP contribution in [-0.2, 0) is 6.54 Å². The highest BCUT2D eigenvalue weighted by atomic mass is 16.3. The van der Waals surface area contributed by atoms with Gasteiger partial charge in [0, 0.05) is 12.1 Å². The Morgan fingerprint density at radius 3 is 2.23 bits per heavy atom. The van der Waals surface area contributed by atoms with E-state index in [4.69, 9.17) is 5.10 Å². The average molecular weight is 461 g/mol. The van der Waals surface area contributed by atoms with Crippen molar-refractivity contribution in [3.8, 4) is 5.75 Å². The average Bonchev–Trinajstić information content (AvgIpc) is 3.34. The van der Waals surface area contributed by atoms with E-state index in [2.05, 4.69) is 91.6 Å². The van der Waals surface area contributed by atoms with Gasteiger partial charge in [0.25, 0.3) is 0 Å². The second kappa shape index (κ2) is 10.2. The first kappa shape index (κ1) is 22.9. The Bertz CT molecular complexity index is 1330. The molecule has 2 atom stereocenters. The van der Waals surface area contributed by atoms with E-state index in [-0.39, 0.29) is 11.7 Å². The van der Waals surface area contributed by atoms with E-state index < -0.39 is 0 Å². The minimum absolute atomic E-state index is 0.192. The number of phenolic OH excluding ortho intramolecular Hbond substituents is 1. The van der Waals surface area contributed by atoms with Gasteiger partial charge in [-0.05, 0) is 57.9 Å². The number of aromatic hydroxyl groups is 1. The van der Waals surface area contributed by atoms with Crippen LogP contribution in [0, 0.1) is 5.92 Å². The third-order valence-electron chi connectivity index (χ3n) is 7.02. The Labute approximate surface area is 208 Å². The quantitative estimate of drug-likeness (QED) is 0.307. The fraction of sp³-hybridized carbons (Fsp3) is 0.219. The zero-order chi connectivity index (χ0) is 24.2. The van der Waals surface area contributed by atoms with Crippen molar-refractivity contribution in [3.63, 3.8) is 0 Å². The number of hydrogen-bond acceptors (Lipinski definition) is 2. The Morgan fingerprint density at radius 2 is 1.54 bits per heavy atom. The summed E-state index contributed by atoms with van der Waals surface area (Å²) in [6.45, 7) is 5.36. The monoisotopic (exact) mass is 460 g/mol. The predicted octanol–water partition coefficient (Wildman–Crippen LogP) is 7.71. The van der Waals surface area contributed by atoms with Gasteiger partial charge in [0.1, 0.15) is 5.75 Å². The molecule has 3 aromatic carbocycles. The van der Waals surface area contributed by atoms with Crippen LogP contribution in [0.25, 0.3) is 11.1 Å². The summed E-state index contributed by atoms with van der Waals surface area (Å²) >= 11 is 0. The number of nitrogens with zero attached hydrogens (tertiary/aromatic N) is 2. The lowest BCUT2D eigenvalue weighted by Crippen LogP contribution is -2.19. The number of aromatic nitrogens is 2. The van der Waals surface area contributed by atoms with Crippen LogP contribution >= 0.6 is 0 Å². The normalized spacial score (nSPS) is 17.9. The number of phenols is 1. The fourth-order valence-corrected chi connectivity index (χ4v) is 5.30. The molecule has 0 spiro atoms. The molecular formula is C32H32N2O. The predicted molar refractivity (Wildman–Crippen MR) is 144 cm³/mol. The van der Waals surface area contributed by atoms with Crippen molar-refractivity contribution in [2.45, 2.75) is 39.2 Å². The largest absolute Gasteiger partial charge is 0.508 e. The molecule has 5 rings (SSSR count). The van der Waals surface area contributed by atoms with Crippen molar-refractivity contribution in [2.24, 2.45) is 5.92 Å². The molecule has 0 saturated carbocycles. The standard InChI is InChI=1S/C32H32N2O/c1-3-10-27-19-30(25-15-17-29(35)18-16-25)32(26-13-8-5-9-14-26)31(23(27)2)28-20-33-34(22-28)21-24-11-6-4-7-12-24/h4-9,11-20,22-23,31,35H,3,10,21H2,1-2H3. The molecule has 1 N–H and O–H groups in total. The number of hydrogen-bond donors (Lipinski definition) is 1. The first-order chi connectivity index (χ1) is 17.1. The van der Waals surface area contributed by atoms with Gasteiger partial charge in [0.05, 0.1) is 12.7 Å². The molecule has 2 unspecified atom stereocenters. The summed E-state index contributed by atoms with van der Waals surface area (Å²) in [5, 5.41) is 14.7. The maximum absolute atomic E-state index is 9.93. The van der Waals surface area contributed by atoms with E-state index in [1.807, 2.05) is 18.2 Å². The van der Waals surface area contributed by atoms with Crippen molar-refractivity contribution in [2.75, 3.05) is 0 Å². The molecule has 0 bridgehead atoms. The van der Waals surface area contributed by atoms with Crippen LogP contribution in [0.4, 0.5) is 0 Å². The van der Waals surface area contributed by atoms with E-state index in [1.165, 1.54) is 33.4 Å². The van der Waals surface area contributed by atoms with Gasteiger partial charge >= 0.3 is 0 Å². The van der Waals surface area contributed by atoms with Gasteiger partial charge in [0.15, 0.2) is 0 Å². The Kier molecular flexibility index (Phi) is 6.67. The maximum Gasteiger partial charge on any atom is 0.115 e. The highest BCUT2D eigenvalue weighted by Gasteiger charge is 2.33. The highest BCUT2D eigenvalue weighted by molar-refractivity contribution is 5.99. The molecule has 0 saturated heterocycles. The Hall–Kier alpha value is -3.85. The van der Waals surface area contributed by atoms with E-state index >= 15 is 0 Å². The van der Waals surface area contributed by atoms with Gasteiger partial charge in [-0.25, -0.2) is 0 Å². The zero-order valence-corrected chi connectivity index (χ0v) is 20.4. The lowest BCUT2D eigenvalue weighted by molar-refractivity contribution is 0.475. The van der Waals surface area contributed by atoms with Crippen molar-refractivity contribution >= 4 is 11.1 Å². The number of benzene rings is 3. The van der Waals surface area contributed by atoms with Crippen molar-refractivity contribution < 1.29 is 5.11 Å². The summed E-state index contributed by atoms with van der Waals surface area (Å²) in [6, 6.07) is 28.8. The van der Waals surface area contributed by atoms with Crippen LogP contribution in [0.2, 0.25) is 0 Å². The third kappa shape index (κ3) is 4.85. The Morgan fingerprint density at radius 1 is 0.857 bits per heavy atom. The van der Waals surface area contributed by atoms with E-state index in [1.54, 1.807) is 12.1 Å². The van der Waals surface area contributed by atoms with Crippen LogP contribution in [-0.4, -0.2) is 14.9 Å². The molecule has 1 heterocycles. The minimum Gasteiger partial charge on any atom is -0.508 e. The highest BCUT2D eigenvalue weighted by Crippen LogP contribution is 2.49. The summed E-state index contributed by atoms with van der Waals surface area (Å²) in [4.78, 5) is 0. The SMILES string of the molecule is CCCC1=CC(c2ccc(O)cc2)=C(c2ccccc2)C(c2cnn(Cc3ccccc3)c2)C1C. The van der Waals surface area contributed by atoms with Crippen molar-refractivity contribution in [1.82, 2.24) is 9.78 Å². The van der Waals surface area contributed by atoms with Gasteiger partial charge in [0.2, 0.25) is 0 Å². The molecule has 3 heteroatoms. The van der Waals surface area contributed by atoms with Crippen LogP contribution in [0.3, 0.4) is 0 Å². The molecule has 0 aliphatic heterocycles. The summed E-state index contributed by atoms with van der Waals surface area (Å²) in [6.07, 6.45) is 8.85. The van der Waals surface area contributed by atoms with Crippen LogP contribution < -0.4 is 0 Å². The van der Waals surface area contributed by atoms with Gasteiger partial charge in [-0.1, -0.05) is 105 Å². The lowest BCUT2D eigenvalue weighted by Gasteiger charge is -2.34. The first-order valence-electron chi connectivity index (χ1n) is 12.5. The summed E-state index contributed by atoms with van der Waals surface area (Å²) in [7, 11) is 0. The van der Waals surface area contributed by atoms with Gasteiger partial charge in [-0.15, -0.1) is 0 Å². The van der Waals surface area contributed by atoms with E-state index in [0.717, 1.165) is 24.9 Å². The van der Waals surface area contributed by atoms with Gasteiger partial charge in [-0.3, -0.25) is 4.68 Å². The number of rotatable bonds is 7. The zero-order valence-electron chi connectivity index (χ0n) is 20.4. The molecule has 4 aromatic rings. The molecule has 0 radical (unpaired) electrons. The molecule has 1 aliphatic carbocycles. The molecular weight excluding hydrogens is 428 g/mol. The van der Waals surface area contributed by atoms with Crippen LogP contribution in [0.5, 0.6) is 5.75 Å².